The van der Waals surface area contributed by atoms with Gasteiger partial charge in [-0.25, -0.2) is 13.4 Å². The Morgan fingerprint density at radius 2 is 1.94 bits per heavy atom. The first-order chi connectivity index (χ1) is 16.2. The third-order valence-electron chi connectivity index (χ3n) is 5.66. The van der Waals surface area contributed by atoms with E-state index in [0.29, 0.717) is 24.0 Å². The molecule has 0 radical (unpaired) electrons. The van der Waals surface area contributed by atoms with Crippen LogP contribution in [0.2, 0.25) is 0 Å². The Balaban J connectivity index is 1.49. The maximum Gasteiger partial charge on any atom is 0.263 e. The van der Waals surface area contributed by atoms with Crippen LogP contribution >= 0.6 is 11.8 Å². The number of hydrogen-bond acceptors (Lipinski definition) is 8. The zero-order valence-corrected chi connectivity index (χ0v) is 21.2. The molecule has 0 saturated carbocycles. The molecule has 10 heteroatoms. The SMILES string of the molecule is CC(=O)SCC(=O)c1ccc(NS(=O)(=O)c2ccc(OCCCN3CCCCC3C)cc2)nc1. The van der Waals surface area contributed by atoms with E-state index in [-0.39, 0.29) is 27.4 Å². The van der Waals surface area contributed by atoms with Crippen LogP contribution in [0.4, 0.5) is 5.82 Å². The summed E-state index contributed by atoms with van der Waals surface area (Å²) in [5.41, 5.74) is 0.313. The minimum Gasteiger partial charge on any atom is -0.494 e. The number of piperidine rings is 1. The number of rotatable bonds is 11. The zero-order chi connectivity index (χ0) is 24.6. The van der Waals surface area contributed by atoms with Crippen molar-refractivity contribution in [1.82, 2.24) is 9.88 Å². The second kappa shape index (κ2) is 12.3. The zero-order valence-electron chi connectivity index (χ0n) is 19.5. The van der Waals surface area contributed by atoms with Crippen molar-refractivity contribution in [1.29, 1.82) is 0 Å². The van der Waals surface area contributed by atoms with Gasteiger partial charge in [-0.3, -0.25) is 14.3 Å². The topological polar surface area (TPSA) is 106 Å². The first-order valence-corrected chi connectivity index (χ1v) is 13.8. The Morgan fingerprint density at radius 1 is 1.18 bits per heavy atom. The molecule has 1 aromatic carbocycles. The van der Waals surface area contributed by atoms with E-state index in [1.807, 2.05) is 0 Å². The Morgan fingerprint density at radius 3 is 2.59 bits per heavy atom. The molecule has 0 bridgehead atoms. The van der Waals surface area contributed by atoms with Gasteiger partial charge in [0.05, 0.1) is 17.3 Å². The maximum atomic E-state index is 12.7. The van der Waals surface area contributed by atoms with E-state index in [9.17, 15) is 18.0 Å². The van der Waals surface area contributed by atoms with Crippen molar-refractivity contribution in [3.8, 4) is 5.75 Å². The fourth-order valence-electron chi connectivity index (χ4n) is 3.73. The summed E-state index contributed by atoms with van der Waals surface area (Å²) >= 11 is 0.919. The van der Waals surface area contributed by atoms with Gasteiger partial charge >= 0.3 is 0 Å². The molecular weight excluding hydrogens is 474 g/mol. The molecule has 3 rings (SSSR count). The standard InChI is InChI=1S/C24H31N3O5S2/c1-18-6-3-4-13-27(18)14-5-15-32-21-8-10-22(11-9-21)34(30,31)26-24-12-7-20(16-25-24)23(29)17-33-19(2)28/h7-12,16,18H,3-6,13-15,17H2,1-2H3,(H,25,26). The van der Waals surface area contributed by atoms with Crippen LogP contribution in [0.3, 0.4) is 0 Å². The summed E-state index contributed by atoms with van der Waals surface area (Å²) in [4.78, 5) is 29.6. The van der Waals surface area contributed by atoms with Crippen molar-refractivity contribution in [3.05, 3.63) is 48.2 Å². The van der Waals surface area contributed by atoms with Gasteiger partial charge in [0.25, 0.3) is 10.0 Å². The van der Waals surface area contributed by atoms with Gasteiger partial charge in [0.15, 0.2) is 10.9 Å². The first kappa shape index (κ1) is 26.2. The molecular formula is C24H31N3O5S2. The van der Waals surface area contributed by atoms with Crippen LogP contribution in [-0.4, -0.2) is 60.7 Å². The Labute approximate surface area is 205 Å². The van der Waals surface area contributed by atoms with E-state index in [2.05, 4.69) is 21.5 Å². The summed E-state index contributed by atoms with van der Waals surface area (Å²) in [6.07, 6.45) is 6.03. The molecule has 1 atom stereocenters. The molecule has 184 valence electrons. The number of Topliss-reactive ketones (excluding diaryl/α,β-unsaturated/α-hetero) is 1. The molecule has 2 aromatic rings. The van der Waals surface area contributed by atoms with Gasteiger partial charge in [0, 0.05) is 31.3 Å². The number of carbonyl (C=O) groups excluding carboxylic acids is 2. The Hall–Kier alpha value is -2.43. The number of likely N-dealkylation sites (tertiary alicyclic amines) is 1. The van der Waals surface area contributed by atoms with Crippen LogP contribution in [0.5, 0.6) is 5.75 Å². The third-order valence-corrected chi connectivity index (χ3v) is 7.85. The normalized spacial score (nSPS) is 16.7. The van der Waals surface area contributed by atoms with Gasteiger partial charge in [-0.05, 0) is 69.1 Å². The van der Waals surface area contributed by atoms with Gasteiger partial charge in [-0.15, -0.1) is 0 Å². The summed E-state index contributed by atoms with van der Waals surface area (Å²) in [7, 11) is -3.84. The minimum atomic E-state index is -3.84. The van der Waals surface area contributed by atoms with Crippen molar-refractivity contribution in [3.63, 3.8) is 0 Å². The fourth-order valence-corrected chi connectivity index (χ4v) is 5.24. The van der Waals surface area contributed by atoms with Crippen LogP contribution in [0.15, 0.2) is 47.5 Å². The van der Waals surface area contributed by atoms with Crippen molar-refractivity contribution < 1.29 is 22.7 Å². The van der Waals surface area contributed by atoms with E-state index in [0.717, 1.165) is 31.3 Å². The van der Waals surface area contributed by atoms with Crippen LogP contribution in [0.1, 0.15) is 49.9 Å². The summed E-state index contributed by atoms with van der Waals surface area (Å²) in [6, 6.07) is 9.78. The maximum absolute atomic E-state index is 12.7. The van der Waals surface area contributed by atoms with Crippen molar-refractivity contribution >= 4 is 38.5 Å². The molecule has 1 unspecified atom stereocenters. The number of aromatic nitrogens is 1. The molecule has 1 aliphatic heterocycles. The number of ether oxygens (including phenoxy) is 1. The molecule has 8 nitrogen and oxygen atoms in total. The highest BCUT2D eigenvalue weighted by Gasteiger charge is 2.18. The summed E-state index contributed by atoms with van der Waals surface area (Å²) in [5.74, 6) is 0.495. The van der Waals surface area contributed by atoms with Crippen LogP contribution in [0, 0.1) is 0 Å². The van der Waals surface area contributed by atoms with Crippen LogP contribution < -0.4 is 9.46 Å². The number of anilines is 1. The molecule has 0 spiro atoms. The fraction of sp³-hybridized carbons (Fsp3) is 0.458. The molecule has 0 aliphatic carbocycles. The lowest BCUT2D eigenvalue weighted by Gasteiger charge is -2.33. The van der Waals surface area contributed by atoms with E-state index < -0.39 is 10.0 Å². The highest BCUT2D eigenvalue weighted by molar-refractivity contribution is 8.14. The number of sulfonamides is 1. The molecule has 1 aromatic heterocycles. The molecule has 1 fully saturated rings. The lowest BCUT2D eigenvalue weighted by Crippen LogP contribution is -2.38. The van der Waals surface area contributed by atoms with Gasteiger partial charge in [0.1, 0.15) is 11.6 Å². The molecule has 2 heterocycles. The lowest BCUT2D eigenvalue weighted by atomic mass is 10.0. The van der Waals surface area contributed by atoms with Gasteiger partial charge in [-0.2, -0.15) is 0 Å². The van der Waals surface area contributed by atoms with E-state index in [4.69, 9.17) is 4.74 Å². The Bertz CT molecular complexity index is 1070. The quantitative estimate of drug-likeness (QED) is 0.361. The van der Waals surface area contributed by atoms with Crippen molar-refractivity contribution in [2.45, 2.75) is 50.5 Å². The summed E-state index contributed by atoms with van der Waals surface area (Å²) in [6.45, 7) is 6.39. The van der Waals surface area contributed by atoms with Crippen LogP contribution in [0.25, 0.3) is 0 Å². The molecule has 1 saturated heterocycles. The second-order valence-electron chi connectivity index (χ2n) is 8.30. The molecule has 34 heavy (non-hydrogen) atoms. The number of nitrogens with one attached hydrogen (secondary N) is 1. The van der Waals surface area contributed by atoms with Crippen molar-refractivity contribution in [2.24, 2.45) is 0 Å². The predicted octanol–water partition coefficient (Wildman–Crippen LogP) is 3.99. The molecule has 1 aliphatic rings. The smallest absolute Gasteiger partial charge is 0.263 e. The number of nitrogens with zero attached hydrogens (tertiary/aromatic N) is 2. The predicted molar refractivity (Wildman–Crippen MR) is 134 cm³/mol. The van der Waals surface area contributed by atoms with Gasteiger partial charge in [0.2, 0.25) is 0 Å². The number of hydrogen-bond donors (Lipinski definition) is 1. The first-order valence-electron chi connectivity index (χ1n) is 11.4. The average molecular weight is 506 g/mol. The number of pyridine rings is 1. The number of thioether (sulfide) groups is 1. The largest absolute Gasteiger partial charge is 0.494 e. The third kappa shape index (κ3) is 7.82. The highest BCUT2D eigenvalue weighted by Crippen LogP contribution is 2.20. The second-order valence-corrected chi connectivity index (χ2v) is 11.1. The lowest BCUT2D eigenvalue weighted by molar-refractivity contribution is -0.109. The summed E-state index contributed by atoms with van der Waals surface area (Å²) < 4.78 is 33.5. The van der Waals surface area contributed by atoms with E-state index in [1.54, 1.807) is 12.1 Å². The minimum absolute atomic E-state index is 0.0217. The summed E-state index contributed by atoms with van der Waals surface area (Å²) in [5, 5.41) is -0.144. The average Bonchev–Trinajstić information content (AvgIpc) is 2.82. The molecule has 1 N–H and O–H groups in total. The number of ketones is 1. The van der Waals surface area contributed by atoms with E-state index >= 15 is 0 Å². The van der Waals surface area contributed by atoms with Gasteiger partial charge in [-0.1, -0.05) is 18.2 Å². The monoisotopic (exact) mass is 505 g/mol. The van der Waals surface area contributed by atoms with Crippen molar-refractivity contribution in [2.75, 3.05) is 30.2 Å². The highest BCUT2D eigenvalue weighted by atomic mass is 32.2. The van der Waals surface area contributed by atoms with Crippen LogP contribution in [-0.2, 0) is 14.8 Å². The Kier molecular flexibility index (Phi) is 9.49. The number of benzene rings is 1. The molecule has 0 amide bonds. The van der Waals surface area contributed by atoms with E-state index in [1.165, 1.54) is 56.6 Å². The number of carbonyl (C=O) groups is 2. The van der Waals surface area contributed by atoms with Gasteiger partial charge < -0.3 is 9.64 Å².